The van der Waals surface area contributed by atoms with Gasteiger partial charge >= 0.3 is 6.36 Å². The third-order valence-corrected chi connectivity index (χ3v) is 3.34. The first kappa shape index (κ1) is 14.6. The van der Waals surface area contributed by atoms with E-state index >= 15 is 0 Å². The van der Waals surface area contributed by atoms with E-state index < -0.39 is 11.8 Å². The molecule has 1 aromatic rings. The van der Waals surface area contributed by atoms with Crippen molar-refractivity contribution < 1.29 is 22.7 Å². The predicted molar refractivity (Wildman–Crippen MR) is 65.7 cm³/mol. The average Bonchev–Trinajstić information content (AvgIpc) is 3.17. The van der Waals surface area contributed by atoms with Crippen molar-refractivity contribution in [2.45, 2.75) is 25.7 Å². The number of benzene rings is 1. The van der Waals surface area contributed by atoms with Crippen molar-refractivity contribution >= 4 is 5.91 Å². The molecular formula is C13H15F3N2O2. The number of ether oxygens (including phenoxy) is 1. The lowest BCUT2D eigenvalue weighted by Crippen LogP contribution is -2.36. The number of hydrogen-bond acceptors (Lipinski definition) is 3. The topological polar surface area (TPSA) is 64.4 Å². The first-order valence-corrected chi connectivity index (χ1v) is 6.18. The zero-order chi connectivity index (χ0) is 14.8. The van der Waals surface area contributed by atoms with E-state index in [1.807, 2.05) is 0 Å². The molecular weight excluding hydrogens is 273 g/mol. The second-order valence-electron chi connectivity index (χ2n) is 4.86. The molecule has 3 N–H and O–H groups in total. The monoisotopic (exact) mass is 288 g/mol. The fraction of sp³-hybridized carbons (Fsp3) is 0.462. The first-order valence-electron chi connectivity index (χ1n) is 6.18. The third-order valence-electron chi connectivity index (χ3n) is 3.34. The van der Waals surface area contributed by atoms with Crippen molar-refractivity contribution in [3.05, 3.63) is 29.8 Å². The van der Waals surface area contributed by atoms with E-state index in [1.54, 1.807) is 0 Å². The Hall–Kier alpha value is -1.76. The molecule has 2 rings (SSSR count). The molecule has 1 aliphatic rings. The Kier molecular flexibility index (Phi) is 3.89. The average molecular weight is 288 g/mol. The summed E-state index contributed by atoms with van der Waals surface area (Å²) in [6.07, 6.45) is -3.13. The van der Waals surface area contributed by atoms with Gasteiger partial charge in [0, 0.05) is 13.1 Å². The number of nitrogens with two attached hydrogens (primary N) is 1. The van der Waals surface area contributed by atoms with Crippen molar-refractivity contribution in [2.75, 3.05) is 6.54 Å². The number of hydrogen-bond donors (Lipinski definition) is 2. The van der Waals surface area contributed by atoms with Crippen molar-refractivity contribution in [1.82, 2.24) is 5.32 Å². The minimum absolute atomic E-state index is 0.101. The van der Waals surface area contributed by atoms with E-state index in [9.17, 15) is 18.0 Å². The molecule has 0 aromatic heterocycles. The molecule has 0 heterocycles. The third kappa shape index (κ3) is 3.63. The number of alkyl halides is 3. The molecule has 0 saturated heterocycles. The molecule has 1 saturated carbocycles. The van der Waals surface area contributed by atoms with Gasteiger partial charge in [-0.1, -0.05) is 12.1 Å². The summed E-state index contributed by atoms with van der Waals surface area (Å²) in [5.74, 6) is -0.385. The van der Waals surface area contributed by atoms with Crippen molar-refractivity contribution in [2.24, 2.45) is 11.1 Å². The summed E-state index contributed by atoms with van der Waals surface area (Å²) in [4.78, 5) is 11.8. The van der Waals surface area contributed by atoms with Gasteiger partial charge in [-0.25, -0.2) is 0 Å². The molecule has 1 fully saturated rings. The fourth-order valence-corrected chi connectivity index (χ4v) is 1.85. The molecule has 110 valence electrons. The number of rotatable bonds is 5. The van der Waals surface area contributed by atoms with E-state index in [0.717, 1.165) is 12.8 Å². The summed E-state index contributed by atoms with van der Waals surface area (Å²) in [5, 5.41) is 2.74. The van der Waals surface area contributed by atoms with Crippen molar-refractivity contribution in [1.29, 1.82) is 0 Å². The number of halogens is 3. The minimum Gasteiger partial charge on any atom is -0.406 e. The molecule has 7 heteroatoms. The maximum atomic E-state index is 12.0. The number of amides is 1. The van der Waals surface area contributed by atoms with E-state index in [1.165, 1.54) is 24.3 Å². The van der Waals surface area contributed by atoms with Gasteiger partial charge in [-0.15, -0.1) is 13.2 Å². The number of carbonyl (C=O) groups excluding carboxylic acids is 1. The Bertz CT molecular complexity index is 481. The lowest BCUT2D eigenvalue weighted by atomic mass is 10.1. The van der Waals surface area contributed by atoms with Crippen LogP contribution in [0.15, 0.2) is 24.3 Å². The Morgan fingerprint density at radius 3 is 2.35 bits per heavy atom. The summed E-state index contributed by atoms with van der Waals surface area (Å²) in [5.41, 5.74) is 5.80. The highest BCUT2D eigenvalue weighted by atomic mass is 19.4. The summed E-state index contributed by atoms with van der Waals surface area (Å²) in [6, 6.07) is 5.38. The van der Waals surface area contributed by atoms with E-state index in [4.69, 9.17) is 5.73 Å². The van der Waals surface area contributed by atoms with Gasteiger partial charge in [0.15, 0.2) is 0 Å². The van der Waals surface area contributed by atoms with Gasteiger partial charge < -0.3 is 15.8 Å². The van der Waals surface area contributed by atoms with Crippen LogP contribution in [0, 0.1) is 5.41 Å². The van der Waals surface area contributed by atoms with Crippen LogP contribution in [0.3, 0.4) is 0 Å². The molecule has 0 atom stereocenters. The van der Waals surface area contributed by atoms with Crippen LogP contribution in [0.25, 0.3) is 0 Å². The fourth-order valence-electron chi connectivity index (χ4n) is 1.85. The van der Waals surface area contributed by atoms with Gasteiger partial charge in [-0.05, 0) is 30.5 Å². The maximum Gasteiger partial charge on any atom is 0.573 e. The van der Waals surface area contributed by atoms with E-state index in [0.29, 0.717) is 12.1 Å². The lowest BCUT2D eigenvalue weighted by molar-refractivity contribution is -0.274. The van der Waals surface area contributed by atoms with Crippen molar-refractivity contribution in [3.63, 3.8) is 0 Å². The van der Waals surface area contributed by atoms with Crippen LogP contribution < -0.4 is 15.8 Å². The molecule has 1 amide bonds. The van der Waals surface area contributed by atoms with Gasteiger partial charge in [0.25, 0.3) is 0 Å². The summed E-state index contributed by atoms with van der Waals surface area (Å²) in [7, 11) is 0. The molecule has 0 radical (unpaired) electrons. The number of carbonyl (C=O) groups is 1. The second kappa shape index (κ2) is 5.32. The zero-order valence-electron chi connectivity index (χ0n) is 10.7. The van der Waals surface area contributed by atoms with Crippen LogP contribution in [0.2, 0.25) is 0 Å². The molecule has 4 nitrogen and oxygen atoms in total. The Morgan fingerprint density at radius 2 is 1.90 bits per heavy atom. The van der Waals surface area contributed by atoms with E-state index in [2.05, 4.69) is 10.1 Å². The standard InChI is InChI=1S/C13H15F3N2O2/c14-13(15,16)20-10-3-1-9(2-4-10)7-18-11(19)12(8-17)5-6-12/h1-4H,5-8,17H2,(H,18,19). The largest absolute Gasteiger partial charge is 0.573 e. The maximum absolute atomic E-state index is 12.0. The van der Waals surface area contributed by atoms with Gasteiger partial charge in [0.2, 0.25) is 5.91 Å². The Balaban J connectivity index is 1.86. The smallest absolute Gasteiger partial charge is 0.406 e. The zero-order valence-corrected chi connectivity index (χ0v) is 10.7. The Morgan fingerprint density at radius 1 is 1.30 bits per heavy atom. The molecule has 0 spiro atoms. The number of nitrogens with one attached hydrogen (secondary N) is 1. The van der Waals surface area contributed by atoms with Crippen LogP contribution in [0.4, 0.5) is 13.2 Å². The molecule has 1 aromatic carbocycles. The highest BCUT2D eigenvalue weighted by Gasteiger charge is 2.48. The van der Waals surface area contributed by atoms with Crippen LogP contribution >= 0.6 is 0 Å². The van der Waals surface area contributed by atoms with Crippen LogP contribution in [0.1, 0.15) is 18.4 Å². The van der Waals surface area contributed by atoms with Gasteiger partial charge in [-0.3, -0.25) is 4.79 Å². The predicted octanol–water partition coefficient (Wildman–Crippen LogP) is 1.94. The van der Waals surface area contributed by atoms with Gasteiger partial charge in [0.05, 0.1) is 5.41 Å². The summed E-state index contributed by atoms with van der Waals surface area (Å²) in [6.45, 7) is 0.573. The second-order valence-corrected chi connectivity index (χ2v) is 4.86. The SMILES string of the molecule is NCC1(C(=O)NCc2ccc(OC(F)(F)F)cc2)CC1. The minimum atomic E-state index is -4.70. The van der Waals surface area contributed by atoms with Crippen LogP contribution in [-0.4, -0.2) is 18.8 Å². The molecule has 0 aliphatic heterocycles. The highest BCUT2D eigenvalue weighted by molar-refractivity contribution is 5.85. The quantitative estimate of drug-likeness (QED) is 0.870. The lowest BCUT2D eigenvalue weighted by Gasteiger charge is -2.13. The first-order chi connectivity index (χ1) is 9.35. The highest BCUT2D eigenvalue weighted by Crippen LogP contribution is 2.44. The summed E-state index contributed by atoms with van der Waals surface area (Å²) < 4.78 is 39.7. The molecule has 1 aliphatic carbocycles. The van der Waals surface area contributed by atoms with Gasteiger partial charge in [0.1, 0.15) is 5.75 Å². The molecule has 0 bridgehead atoms. The van der Waals surface area contributed by atoms with E-state index in [-0.39, 0.29) is 18.2 Å². The Labute approximate surface area is 114 Å². The summed E-state index contributed by atoms with van der Waals surface area (Å²) >= 11 is 0. The molecule has 0 unspecified atom stereocenters. The van der Waals surface area contributed by atoms with Crippen LogP contribution in [0.5, 0.6) is 5.75 Å². The van der Waals surface area contributed by atoms with Crippen LogP contribution in [-0.2, 0) is 11.3 Å². The normalized spacial score (nSPS) is 16.6. The molecule has 20 heavy (non-hydrogen) atoms. The van der Waals surface area contributed by atoms with Crippen molar-refractivity contribution in [3.8, 4) is 5.75 Å². The van der Waals surface area contributed by atoms with Gasteiger partial charge in [-0.2, -0.15) is 0 Å².